The molecule has 2 rings (SSSR count). The van der Waals surface area contributed by atoms with Gasteiger partial charge >= 0.3 is 0 Å². The number of halogens is 1. The molecule has 0 bridgehead atoms. The number of aromatic nitrogens is 1. The van der Waals surface area contributed by atoms with E-state index in [4.69, 9.17) is 11.6 Å². The molecule has 7 heteroatoms. The predicted octanol–water partition coefficient (Wildman–Crippen LogP) is 1.60. The third kappa shape index (κ3) is 2.89. The maximum Gasteiger partial charge on any atom is 0.274 e. The maximum atomic E-state index is 10.5. The largest absolute Gasteiger partial charge is 0.365 e. The van der Waals surface area contributed by atoms with Crippen molar-refractivity contribution in [2.24, 2.45) is 0 Å². The second-order valence-corrected chi connectivity index (χ2v) is 4.53. The Balaban J connectivity index is 2.15. The summed E-state index contributed by atoms with van der Waals surface area (Å²) in [5.41, 5.74) is 0.962. The summed E-state index contributed by atoms with van der Waals surface area (Å²) in [7, 11) is 0. The minimum atomic E-state index is -0.451. The molecule has 1 unspecified atom stereocenters. The van der Waals surface area contributed by atoms with Gasteiger partial charge in [-0.3, -0.25) is 10.1 Å². The van der Waals surface area contributed by atoms with E-state index in [2.05, 4.69) is 10.3 Å². The fourth-order valence-corrected chi connectivity index (χ4v) is 1.97. The molecule has 18 heavy (non-hydrogen) atoms. The van der Waals surface area contributed by atoms with E-state index >= 15 is 0 Å². The Hall–Kier alpha value is -1.82. The molecule has 0 amide bonds. The SMILES string of the molecule is CC1CNC(=C[N+](=O)[O-])N1Cc1ccc(Cl)nc1. The van der Waals surface area contributed by atoms with Crippen LogP contribution in [0.5, 0.6) is 0 Å². The van der Waals surface area contributed by atoms with Crippen molar-refractivity contribution in [3.05, 3.63) is 51.2 Å². The summed E-state index contributed by atoms with van der Waals surface area (Å²) in [5, 5.41) is 14.0. The van der Waals surface area contributed by atoms with Gasteiger partial charge < -0.3 is 10.2 Å². The fraction of sp³-hybridized carbons (Fsp3) is 0.364. The Morgan fingerprint density at radius 2 is 2.50 bits per heavy atom. The third-order valence-corrected chi connectivity index (χ3v) is 3.01. The van der Waals surface area contributed by atoms with Crippen LogP contribution in [0.25, 0.3) is 0 Å². The third-order valence-electron chi connectivity index (χ3n) is 2.79. The van der Waals surface area contributed by atoms with Gasteiger partial charge in [0.15, 0.2) is 5.82 Å². The van der Waals surface area contributed by atoms with E-state index in [1.54, 1.807) is 12.3 Å². The Bertz CT molecular complexity index is 474. The van der Waals surface area contributed by atoms with Crippen LogP contribution >= 0.6 is 11.6 Å². The van der Waals surface area contributed by atoms with Crippen LogP contribution in [0.3, 0.4) is 0 Å². The van der Waals surface area contributed by atoms with Crippen LogP contribution in [0.4, 0.5) is 0 Å². The number of rotatable bonds is 3. The van der Waals surface area contributed by atoms with Gasteiger partial charge in [0, 0.05) is 25.3 Å². The molecule has 1 aliphatic heterocycles. The summed E-state index contributed by atoms with van der Waals surface area (Å²) in [4.78, 5) is 16.0. The number of hydrogen-bond donors (Lipinski definition) is 1. The van der Waals surface area contributed by atoms with Gasteiger partial charge in [-0.15, -0.1) is 0 Å². The second kappa shape index (κ2) is 5.22. The van der Waals surface area contributed by atoms with E-state index in [1.165, 1.54) is 0 Å². The van der Waals surface area contributed by atoms with Crippen LogP contribution in [-0.2, 0) is 6.54 Å². The number of nitrogens with zero attached hydrogens (tertiary/aromatic N) is 3. The molecule has 1 aromatic heterocycles. The highest BCUT2D eigenvalue weighted by Gasteiger charge is 2.26. The summed E-state index contributed by atoms with van der Waals surface area (Å²) >= 11 is 5.72. The minimum Gasteiger partial charge on any atom is -0.365 e. The molecule has 0 spiro atoms. The van der Waals surface area contributed by atoms with Crippen LogP contribution in [0.2, 0.25) is 5.15 Å². The minimum absolute atomic E-state index is 0.201. The topological polar surface area (TPSA) is 71.3 Å². The van der Waals surface area contributed by atoms with Crippen molar-refractivity contribution in [1.29, 1.82) is 0 Å². The van der Waals surface area contributed by atoms with Crippen molar-refractivity contribution in [2.45, 2.75) is 19.5 Å². The Morgan fingerprint density at radius 3 is 3.11 bits per heavy atom. The van der Waals surface area contributed by atoms with Gasteiger partial charge in [0.1, 0.15) is 5.15 Å². The number of nitrogens with one attached hydrogen (secondary N) is 1. The van der Waals surface area contributed by atoms with Crippen molar-refractivity contribution in [3.63, 3.8) is 0 Å². The molecule has 2 heterocycles. The summed E-state index contributed by atoms with van der Waals surface area (Å²) < 4.78 is 0. The Morgan fingerprint density at radius 1 is 1.72 bits per heavy atom. The highest BCUT2D eigenvalue weighted by Crippen LogP contribution is 2.18. The van der Waals surface area contributed by atoms with Crippen molar-refractivity contribution in [2.75, 3.05) is 6.54 Å². The number of pyridine rings is 1. The molecule has 1 fully saturated rings. The average molecular weight is 269 g/mol. The zero-order valence-corrected chi connectivity index (χ0v) is 10.6. The normalized spacial score (nSPS) is 21.1. The highest BCUT2D eigenvalue weighted by molar-refractivity contribution is 6.29. The van der Waals surface area contributed by atoms with Gasteiger partial charge in [-0.2, -0.15) is 0 Å². The number of hydrogen-bond acceptors (Lipinski definition) is 5. The zero-order valence-electron chi connectivity index (χ0n) is 9.84. The van der Waals surface area contributed by atoms with Crippen LogP contribution in [0.15, 0.2) is 30.4 Å². The summed E-state index contributed by atoms with van der Waals surface area (Å²) in [5.74, 6) is 0.530. The second-order valence-electron chi connectivity index (χ2n) is 4.15. The van der Waals surface area contributed by atoms with Gasteiger partial charge in [-0.25, -0.2) is 4.98 Å². The fourth-order valence-electron chi connectivity index (χ4n) is 1.86. The molecule has 0 aliphatic carbocycles. The van der Waals surface area contributed by atoms with E-state index < -0.39 is 4.92 Å². The van der Waals surface area contributed by atoms with Crippen LogP contribution in [-0.4, -0.2) is 27.4 Å². The molecule has 6 nitrogen and oxygen atoms in total. The highest BCUT2D eigenvalue weighted by atomic mass is 35.5. The van der Waals surface area contributed by atoms with Crippen LogP contribution in [0.1, 0.15) is 12.5 Å². The van der Waals surface area contributed by atoms with E-state index in [9.17, 15) is 10.1 Å². The first-order chi connectivity index (χ1) is 8.56. The monoisotopic (exact) mass is 268 g/mol. The molecule has 1 saturated heterocycles. The molecule has 0 saturated carbocycles. The van der Waals surface area contributed by atoms with E-state index in [0.29, 0.717) is 24.1 Å². The average Bonchev–Trinajstić information content (AvgIpc) is 2.64. The van der Waals surface area contributed by atoms with Gasteiger partial charge in [-0.05, 0) is 18.6 Å². The van der Waals surface area contributed by atoms with Crippen molar-refractivity contribution < 1.29 is 4.92 Å². The molecule has 0 aromatic carbocycles. The molecule has 1 aromatic rings. The smallest absolute Gasteiger partial charge is 0.274 e. The molecule has 1 aliphatic rings. The Kier molecular flexibility index (Phi) is 3.66. The van der Waals surface area contributed by atoms with E-state index in [0.717, 1.165) is 11.8 Å². The van der Waals surface area contributed by atoms with Crippen molar-refractivity contribution in [3.8, 4) is 0 Å². The number of nitro groups is 1. The lowest BCUT2D eigenvalue weighted by atomic mass is 10.2. The summed E-state index contributed by atoms with van der Waals surface area (Å²) in [6, 6.07) is 3.78. The first-order valence-electron chi connectivity index (χ1n) is 5.52. The van der Waals surface area contributed by atoms with Gasteiger partial charge in [0.2, 0.25) is 0 Å². The lowest BCUT2D eigenvalue weighted by molar-refractivity contribution is -0.404. The summed E-state index contributed by atoms with van der Waals surface area (Å²) in [6.07, 6.45) is 2.67. The lowest BCUT2D eigenvalue weighted by Crippen LogP contribution is -2.27. The van der Waals surface area contributed by atoms with Crippen molar-refractivity contribution >= 4 is 11.6 Å². The molecular weight excluding hydrogens is 256 g/mol. The molecule has 1 atom stereocenters. The zero-order chi connectivity index (χ0) is 13.1. The summed E-state index contributed by atoms with van der Waals surface area (Å²) in [6.45, 7) is 3.27. The van der Waals surface area contributed by atoms with Crippen LogP contribution < -0.4 is 5.32 Å². The predicted molar refractivity (Wildman–Crippen MR) is 67.3 cm³/mol. The first-order valence-corrected chi connectivity index (χ1v) is 5.90. The standard InChI is InChI=1S/C11H13ClN4O2/c1-8-4-14-11(7-16(17)18)15(8)6-9-2-3-10(12)13-5-9/h2-3,5,7-8,14H,4,6H2,1H3. The first kappa shape index (κ1) is 12.6. The van der Waals surface area contributed by atoms with Gasteiger partial charge in [0.25, 0.3) is 6.20 Å². The molecule has 0 radical (unpaired) electrons. The van der Waals surface area contributed by atoms with Crippen LogP contribution in [0, 0.1) is 10.1 Å². The molecule has 1 N–H and O–H groups in total. The Labute approximate surface area is 109 Å². The van der Waals surface area contributed by atoms with E-state index in [-0.39, 0.29) is 6.04 Å². The quantitative estimate of drug-likeness (QED) is 0.512. The van der Waals surface area contributed by atoms with Crippen molar-refractivity contribution in [1.82, 2.24) is 15.2 Å². The van der Waals surface area contributed by atoms with E-state index in [1.807, 2.05) is 17.9 Å². The molecule has 96 valence electrons. The molecular formula is C11H13ClN4O2. The lowest BCUT2D eigenvalue weighted by Gasteiger charge is -2.22. The maximum absolute atomic E-state index is 10.5. The van der Waals surface area contributed by atoms with Gasteiger partial charge in [-0.1, -0.05) is 17.7 Å². The van der Waals surface area contributed by atoms with Gasteiger partial charge in [0.05, 0.1) is 4.92 Å².